The third kappa shape index (κ3) is 4.93. The van der Waals surface area contributed by atoms with E-state index in [-0.39, 0.29) is 5.91 Å². The molecule has 2 aliphatic rings. The van der Waals surface area contributed by atoms with Gasteiger partial charge < -0.3 is 10.1 Å². The predicted molar refractivity (Wildman–Crippen MR) is 107 cm³/mol. The van der Waals surface area contributed by atoms with E-state index in [0.717, 1.165) is 39.0 Å². The molecule has 1 unspecified atom stereocenters. The standard InChI is InChI=1S/C20H26N4O2S/c25-19(23-20-22-12-18(27-20)16-6-8-21-9-7-16)17-14-24(10-11-26-17)13-15-4-2-1-3-5-15/h1-5,12,16-17,21H,6-11,13-14H2,(H,22,23,25). The molecule has 0 bridgehead atoms. The number of thiazole rings is 1. The topological polar surface area (TPSA) is 66.5 Å². The maximum atomic E-state index is 12.6. The van der Waals surface area contributed by atoms with Crippen molar-refractivity contribution in [2.45, 2.75) is 31.4 Å². The summed E-state index contributed by atoms with van der Waals surface area (Å²) in [4.78, 5) is 20.6. The normalized spacial score (nSPS) is 21.9. The largest absolute Gasteiger partial charge is 0.366 e. The van der Waals surface area contributed by atoms with E-state index in [1.807, 2.05) is 24.4 Å². The molecule has 2 aromatic rings. The van der Waals surface area contributed by atoms with Crippen LogP contribution in [-0.2, 0) is 16.1 Å². The van der Waals surface area contributed by atoms with Crippen molar-refractivity contribution >= 4 is 22.4 Å². The Morgan fingerprint density at radius 1 is 1.30 bits per heavy atom. The second kappa shape index (κ2) is 8.93. The van der Waals surface area contributed by atoms with E-state index in [9.17, 15) is 4.79 Å². The van der Waals surface area contributed by atoms with E-state index < -0.39 is 6.10 Å². The number of anilines is 1. The number of hydrogen-bond donors (Lipinski definition) is 2. The molecule has 2 fully saturated rings. The Hall–Kier alpha value is -1.80. The molecule has 2 N–H and O–H groups in total. The van der Waals surface area contributed by atoms with Crippen LogP contribution in [-0.4, -0.2) is 54.7 Å². The molecule has 1 amide bonds. The Morgan fingerprint density at radius 3 is 2.93 bits per heavy atom. The Kier molecular flexibility index (Phi) is 6.14. The molecule has 144 valence electrons. The minimum absolute atomic E-state index is 0.0982. The van der Waals surface area contributed by atoms with Gasteiger partial charge in [-0.05, 0) is 37.4 Å². The van der Waals surface area contributed by atoms with Crippen molar-refractivity contribution in [2.75, 3.05) is 38.1 Å². The first-order valence-electron chi connectivity index (χ1n) is 9.63. The van der Waals surface area contributed by atoms with Crippen molar-refractivity contribution in [3.05, 3.63) is 47.0 Å². The Morgan fingerprint density at radius 2 is 2.11 bits per heavy atom. The number of aromatic nitrogens is 1. The van der Waals surface area contributed by atoms with Gasteiger partial charge in [0.2, 0.25) is 0 Å². The summed E-state index contributed by atoms with van der Waals surface area (Å²) in [5.41, 5.74) is 1.25. The lowest BCUT2D eigenvalue weighted by Crippen LogP contribution is -2.47. The molecule has 6 nitrogen and oxygen atoms in total. The van der Waals surface area contributed by atoms with E-state index in [2.05, 4.69) is 32.7 Å². The van der Waals surface area contributed by atoms with Gasteiger partial charge in [0, 0.05) is 30.7 Å². The summed E-state index contributed by atoms with van der Waals surface area (Å²) in [6, 6.07) is 10.3. The van der Waals surface area contributed by atoms with Gasteiger partial charge in [-0.25, -0.2) is 4.98 Å². The van der Waals surface area contributed by atoms with Crippen LogP contribution in [0.4, 0.5) is 5.13 Å². The second-order valence-electron chi connectivity index (χ2n) is 7.16. The monoisotopic (exact) mass is 386 g/mol. The fraction of sp³-hybridized carbons (Fsp3) is 0.500. The zero-order valence-corrected chi connectivity index (χ0v) is 16.2. The first-order valence-corrected chi connectivity index (χ1v) is 10.4. The Bertz CT molecular complexity index is 745. The highest BCUT2D eigenvalue weighted by molar-refractivity contribution is 7.15. The summed E-state index contributed by atoms with van der Waals surface area (Å²) < 4.78 is 5.72. The summed E-state index contributed by atoms with van der Waals surface area (Å²) in [7, 11) is 0. The van der Waals surface area contributed by atoms with Gasteiger partial charge in [0.05, 0.1) is 6.61 Å². The smallest absolute Gasteiger partial charge is 0.256 e. The first-order chi connectivity index (χ1) is 13.3. The quantitative estimate of drug-likeness (QED) is 0.826. The lowest BCUT2D eigenvalue weighted by atomic mass is 9.97. The number of morpholine rings is 1. The lowest BCUT2D eigenvalue weighted by molar-refractivity contribution is -0.133. The third-order valence-electron chi connectivity index (χ3n) is 5.19. The van der Waals surface area contributed by atoms with Crippen LogP contribution in [0.1, 0.15) is 29.2 Å². The molecule has 1 aromatic heterocycles. The molecular weight excluding hydrogens is 360 g/mol. The van der Waals surface area contributed by atoms with Gasteiger partial charge in [-0.2, -0.15) is 0 Å². The van der Waals surface area contributed by atoms with Gasteiger partial charge in [0.25, 0.3) is 5.91 Å². The molecular formula is C20H26N4O2S. The highest BCUT2D eigenvalue weighted by Gasteiger charge is 2.27. The SMILES string of the molecule is O=C(Nc1ncc(C2CCNCC2)s1)C1CN(Cc2ccccc2)CCO1. The maximum absolute atomic E-state index is 12.6. The molecule has 1 aromatic carbocycles. The highest BCUT2D eigenvalue weighted by Crippen LogP contribution is 2.31. The summed E-state index contributed by atoms with van der Waals surface area (Å²) >= 11 is 1.60. The van der Waals surface area contributed by atoms with Gasteiger partial charge in [-0.1, -0.05) is 30.3 Å². The highest BCUT2D eigenvalue weighted by atomic mass is 32.1. The van der Waals surface area contributed by atoms with E-state index in [1.54, 1.807) is 11.3 Å². The van der Waals surface area contributed by atoms with E-state index in [0.29, 0.717) is 24.2 Å². The molecule has 0 spiro atoms. The first kappa shape index (κ1) is 18.6. The number of rotatable bonds is 5. The molecule has 3 heterocycles. The summed E-state index contributed by atoms with van der Waals surface area (Å²) in [5.74, 6) is 0.459. The lowest BCUT2D eigenvalue weighted by Gasteiger charge is -2.32. The number of nitrogens with zero attached hydrogens (tertiary/aromatic N) is 2. The zero-order valence-electron chi connectivity index (χ0n) is 15.4. The summed E-state index contributed by atoms with van der Waals surface area (Å²) in [6.45, 7) is 4.96. The van der Waals surface area contributed by atoms with Gasteiger partial charge in [0.1, 0.15) is 6.10 Å². The third-order valence-corrected chi connectivity index (χ3v) is 6.26. The Balaban J connectivity index is 1.32. The van der Waals surface area contributed by atoms with Gasteiger partial charge in [0.15, 0.2) is 5.13 Å². The molecule has 27 heavy (non-hydrogen) atoms. The van der Waals surface area contributed by atoms with Crippen LogP contribution in [0, 0.1) is 0 Å². The molecule has 2 saturated heterocycles. The van der Waals surface area contributed by atoms with Crippen LogP contribution >= 0.6 is 11.3 Å². The van der Waals surface area contributed by atoms with Crippen LogP contribution in [0.2, 0.25) is 0 Å². The second-order valence-corrected chi connectivity index (χ2v) is 8.22. The average Bonchev–Trinajstić information content (AvgIpc) is 3.18. The molecule has 4 rings (SSSR count). The van der Waals surface area contributed by atoms with E-state index >= 15 is 0 Å². The van der Waals surface area contributed by atoms with Crippen molar-refractivity contribution in [1.82, 2.24) is 15.2 Å². The molecule has 0 radical (unpaired) electrons. The number of carbonyl (C=O) groups is 1. The molecule has 1 atom stereocenters. The van der Waals surface area contributed by atoms with Crippen molar-refractivity contribution in [1.29, 1.82) is 0 Å². The number of nitrogens with one attached hydrogen (secondary N) is 2. The van der Waals surface area contributed by atoms with Gasteiger partial charge in [-0.3, -0.25) is 15.0 Å². The summed E-state index contributed by atoms with van der Waals surface area (Å²) in [5, 5.41) is 7.02. The summed E-state index contributed by atoms with van der Waals surface area (Å²) in [6.07, 6.45) is 3.74. The van der Waals surface area contributed by atoms with Crippen molar-refractivity contribution in [3.63, 3.8) is 0 Å². The fourth-order valence-corrected chi connectivity index (χ4v) is 4.66. The predicted octanol–water partition coefficient (Wildman–Crippen LogP) is 2.45. The minimum Gasteiger partial charge on any atom is -0.366 e. The van der Waals surface area contributed by atoms with Crippen LogP contribution in [0.3, 0.4) is 0 Å². The van der Waals surface area contributed by atoms with E-state index in [4.69, 9.17) is 4.74 Å². The average molecular weight is 387 g/mol. The minimum atomic E-state index is -0.450. The molecule has 0 saturated carbocycles. The number of carbonyl (C=O) groups excluding carboxylic acids is 1. The number of ether oxygens (including phenoxy) is 1. The number of hydrogen-bond acceptors (Lipinski definition) is 6. The van der Waals surface area contributed by atoms with Gasteiger partial charge in [-0.15, -0.1) is 11.3 Å². The fourth-order valence-electron chi connectivity index (χ4n) is 3.67. The zero-order chi connectivity index (χ0) is 18.5. The number of benzene rings is 1. The van der Waals surface area contributed by atoms with Crippen LogP contribution in [0.15, 0.2) is 36.5 Å². The van der Waals surface area contributed by atoms with E-state index in [1.165, 1.54) is 10.4 Å². The Labute approximate surface area is 163 Å². The van der Waals surface area contributed by atoms with Gasteiger partial charge >= 0.3 is 0 Å². The molecule has 0 aliphatic carbocycles. The maximum Gasteiger partial charge on any atom is 0.256 e. The van der Waals surface area contributed by atoms with Crippen molar-refractivity contribution in [3.8, 4) is 0 Å². The van der Waals surface area contributed by atoms with Crippen LogP contribution in [0.5, 0.6) is 0 Å². The number of piperidine rings is 1. The number of amides is 1. The molecule has 2 aliphatic heterocycles. The van der Waals surface area contributed by atoms with Crippen molar-refractivity contribution < 1.29 is 9.53 Å². The van der Waals surface area contributed by atoms with Crippen LogP contribution in [0.25, 0.3) is 0 Å². The van der Waals surface area contributed by atoms with Crippen molar-refractivity contribution in [2.24, 2.45) is 0 Å². The van der Waals surface area contributed by atoms with Crippen LogP contribution < -0.4 is 10.6 Å². The molecule has 7 heteroatoms.